The molecule has 0 radical (unpaired) electrons. The van der Waals surface area contributed by atoms with E-state index in [2.05, 4.69) is 20.7 Å². The molecule has 1 aliphatic carbocycles. The summed E-state index contributed by atoms with van der Waals surface area (Å²) in [5.74, 6) is -2.28. The highest BCUT2D eigenvalue weighted by atomic mass is 79.9. The number of carboxylic acids is 1. The molecule has 2 unspecified atom stereocenters. The average molecular weight is 366 g/mol. The third-order valence-corrected chi connectivity index (χ3v) is 5.79. The zero-order chi connectivity index (χ0) is 14.9. The zero-order valence-electron chi connectivity index (χ0n) is 10.3. The van der Waals surface area contributed by atoms with Gasteiger partial charge in [0.2, 0.25) is 10.0 Å². The summed E-state index contributed by atoms with van der Waals surface area (Å²) in [6.45, 7) is 0. The van der Waals surface area contributed by atoms with Gasteiger partial charge in [0.1, 0.15) is 5.82 Å². The lowest BCUT2D eigenvalue weighted by Gasteiger charge is -2.18. The van der Waals surface area contributed by atoms with Crippen molar-refractivity contribution in [1.29, 1.82) is 0 Å². The second-order valence-electron chi connectivity index (χ2n) is 4.68. The molecule has 0 aliphatic heterocycles. The first-order chi connectivity index (χ1) is 9.31. The Kier molecular flexibility index (Phi) is 4.46. The molecule has 2 rings (SSSR count). The van der Waals surface area contributed by atoms with E-state index >= 15 is 0 Å². The Hall–Kier alpha value is -0.990. The zero-order valence-corrected chi connectivity index (χ0v) is 12.7. The summed E-state index contributed by atoms with van der Waals surface area (Å²) >= 11 is 3.00. The second-order valence-corrected chi connectivity index (χ2v) is 7.21. The molecule has 0 amide bonds. The number of nitrogens with one attached hydrogen (secondary N) is 1. The van der Waals surface area contributed by atoms with Crippen molar-refractivity contribution in [2.24, 2.45) is 5.92 Å². The van der Waals surface area contributed by atoms with Crippen LogP contribution in [-0.2, 0) is 14.8 Å². The van der Waals surface area contributed by atoms with Gasteiger partial charge < -0.3 is 5.11 Å². The molecule has 1 aromatic rings. The molecule has 1 aliphatic rings. The van der Waals surface area contributed by atoms with Crippen LogP contribution in [0.15, 0.2) is 27.6 Å². The largest absolute Gasteiger partial charge is 0.481 e. The van der Waals surface area contributed by atoms with Gasteiger partial charge in [-0.05, 0) is 47.0 Å². The monoisotopic (exact) mass is 365 g/mol. The lowest BCUT2D eigenvalue weighted by Crippen LogP contribution is -2.40. The summed E-state index contributed by atoms with van der Waals surface area (Å²) in [6.07, 6.45) is 1.59. The molecule has 5 nitrogen and oxygen atoms in total. The predicted molar refractivity (Wildman–Crippen MR) is 73.2 cm³/mol. The summed E-state index contributed by atoms with van der Waals surface area (Å²) < 4.78 is 40.0. The fourth-order valence-corrected chi connectivity index (χ4v) is 4.71. The number of carboxylic acid groups (broad SMARTS) is 1. The normalized spacial score (nSPS) is 22.9. The van der Waals surface area contributed by atoms with Crippen LogP contribution < -0.4 is 4.72 Å². The van der Waals surface area contributed by atoms with Crippen molar-refractivity contribution in [2.75, 3.05) is 0 Å². The lowest BCUT2D eigenvalue weighted by atomic mass is 10.1. The molecule has 1 aromatic carbocycles. The summed E-state index contributed by atoms with van der Waals surface area (Å²) in [4.78, 5) is 11.0. The Morgan fingerprint density at radius 2 is 2.10 bits per heavy atom. The van der Waals surface area contributed by atoms with E-state index in [0.29, 0.717) is 19.3 Å². The van der Waals surface area contributed by atoms with Crippen LogP contribution in [0.4, 0.5) is 4.39 Å². The van der Waals surface area contributed by atoms with E-state index in [1.807, 2.05) is 0 Å². The van der Waals surface area contributed by atoms with Crippen molar-refractivity contribution in [3.05, 3.63) is 28.5 Å². The van der Waals surface area contributed by atoms with Gasteiger partial charge in [0, 0.05) is 10.5 Å². The minimum Gasteiger partial charge on any atom is -0.481 e. The highest BCUT2D eigenvalue weighted by Gasteiger charge is 2.36. The SMILES string of the molecule is O=C(O)C1CCCC1NS(=O)(=O)c1ccc(F)cc1Br. The number of carbonyl (C=O) groups is 1. The Labute approximate surface area is 124 Å². The van der Waals surface area contributed by atoms with Gasteiger partial charge in [-0.15, -0.1) is 0 Å². The summed E-state index contributed by atoms with van der Waals surface area (Å²) in [7, 11) is -3.88. The van der Waals surface area contributed by atoms with Crippen LogP contribution in [0.2, 0.25) is 0 Å². The van der Waals surface area contributed by atoms with Crippen molar-refractivity contribution in [3.63, 3.8) is 0 Å². The highest BCUT2D eigenvalue weighted by Crippen LogP contribution is 2.29. The number of aliphatic carboxylic acids is 1. The first kappa shape index (κ1) is 15.4. The number of hydrogen-bond acceptors (Lipinski definition) is 3. The van der Waals surface area contributed by atoms with Gasteiger partial charge in [0.05, 0.1) is 10.8 Å². The first-order valence-electron chi connectivity index (χ1n) is 6.01. The summed E-state index contributed by atoms with van der Waals surface area (Å²) in [5.41, 5.74) is 0. The van der Waals surface area contributed by atoms with Crippen molar-refractivity contribution in [3.8, 4) is 0 Å². The van der Waals surface area contributed by atoms with E-state index in [4.69, 9.17) is 5.11 Å². The van der Waals surface area contributed by atoms with Crippen molar-refractivity contribution in [2.45, 2.75) is 30.2 Å². The smallest absolute Gasteiger partial charge is 0.308 e. The Morgan fingerprint density at radius 1 is 1.40 bits per heavy atom. The molecule has 1 fully saturated rings. The van der Waals surface area contributed by atoms with Gasteiger partial charge in [-0.1, -0.05) is 6.42 Å². The van der Waals surface area contributed by atoms with Crippen molar-refractivity contribution >= 4 is 31.9 Å². The second kappa shape index (κ2) is 5.79. The molecule has 0 saturated heterocycles. The highest BCUT2D eigenvalue weighted by molar-refractivity contribution is 9.10. The molecule has 8 heteroatoms. The maximum absolute atomic E-state index is 13.0. The van der Waals surface area contributed by atoms with Gasteiger partial charge in [0.15, 0.2) is 0 Å². The van der Waals surface area contributed by atoms with Gasteiger partial charge in [0.25, 0.3) is 0 Å². The van der Waals surface area contributed by atoms with Gasteiger partial charge in [-0.2, -0.15) is 0 Å². The predicted octanol–water partition coefficient (Wildman–Crippen LogP) is 2.12. The van der Waals surface area contributed by atoms with Crippen LogP contribution in [0.3, 0.4) is 0 Å². The fraction of sp³-hybridized carbons (Fsp3) is 0.417. The van der Waals surface area contributed by atoms with Crippen LogP contribution >= 0.6 is 15.9 Å². The van der Waals surface area contributed by atoms with Gasteiger partial charge in [-0.3, -0.25) is 4.79 Å². The quantitative estimate of drug-likeness (QED) is 0.855. The minimum atomic E-state index is -3.88. The van der Waals surface area contributed by atoms with E-state index < -0.39 is 33.8 Å². The number of rotatable bonds is 4. The maximum Gasteiger partial charge on any atom is 0.308 e. The molecule has 0 heterocycles. The number of sulfonamides is 1. The molecule has 2 atom stereocenters. The standard InChI is InChI=1S/C12H13BrFNO4S/c13-9-6-7(14)4-5-11(9)20(18,19)15-10-3-1-2-8(10)12(16)17/h4-6,8,10,15H,1-3H2,(H,16,17). The van der Waals surface area contributed by atoms with Crippen LogP contribution in [0, 0.1) is 11.7 Å². The summed E-state index contributed by atoms with van der Waals surface area (Å²) in [5, 5.41) is 9.05. The molecule has 110 valence electrons. The van der Waals surface area contributed by atoms with E-state index in [1.165, 1.54) is 0 Å². The molecule has 2 N–H and O–H groups in total. The third-order valence-electron chi connectivity index (χ3n) is 3.32. The fourth-order valence-electron chi connectivity index (χ4n) is 2.35. The average Bonchev–Trinajstić information content (AvgIpc) is 2.75. The Balaban J connectivity index is 2.25. The van der Waals surface area contributed by atoms with E-state index in [1.54, 1.807) is 0 Å². The van der Waals surface area contributed by atoms with Crippen LogP contribution in [-0.4, -0.2) is 25.5 Å². The summed E-state index contributed by atoms with van der Waals surface area (Å²) in [6, 6.07) is 2.61. The van der Waals surface area contributed by atoms with Gasteiger partial charge >= 0.3 is 5.97 Å². The van der Waals surface area contributed by atoms with E-state index in [0.717, 1.165) is 18.2 Å². The molecular formula is C12H13BrFNO4S. The topological polar surface area (TPSA) is 83.5 Å². The maximum atomic E-state index is 13.0. The lowest BCUT2D eigenvalue weighted by molar-refractivity contribution is -0.141. The Bertz CT molecular complexity index is 634. The molecule has 1 saturated carbocycles. The van der Waals surface area contributed by atoms with Crippen molar-refractivity contribution in [1.82, 2.24) is 4.72 Å². The van der Waals surface area contributed by atoms with Crippen LogP contribution in [0.25, 0.3) is 0 Å². The molecule has 20 heavy (non-hydrogen) atoms. The van der Waals surface area contributed by atoms with Gasteiger partial charge in [-0.25, -0.2) is 17.5 Å². The number of halogens is 2. The van der Waals surface area contributed by atoms with Crippen LogP contribution in [0.5, 0.6) is 0 Å². The van der Waals surface area contributed by atoms with Crippen molar-refractivity contribution < 1.29 is 22.7 Å². The molecule has 0 bridgehead atoms. The third kappa shape index (κ3) is 3.18. The molecular weight excluding hydrogens is 353 g/mol. The number of benzene rings is 1. The molecule has 0 spiro atoms. The van der Waals surface area contributed by atoms with E-state index in [-0.39, 0.29) is 9.37 Å². The minimum absolute atomic E-state index is 0.102. The Morgan fingerprint density at radius 3 is 2.70 bits per heavy atom. The van der Waals surface area contributed by atoms with E-state index in [9.17, 15) is 17.6 Å². The number of hydrogen-bond donors (Lipinski definition) is 2. The molecule has 0 aromatic heterocycles. The van der Waals surface area contributed by atoms with Crippen LogP contribution in [0.1, 0.15) is 19.3 Å². The first-order valence-corrected chi connectivity index (χ1v) is 8.29.